The summed E-state index contributed by atoms with van der Waals surface area (Å²) in [5.74, 6) is -0.0449. The van der Waals surface area contributed by atoms with Crippen LogP contribution in [0.25, 0.3) is 10.1 Å². The summed E-state index contributed by atoms with van der Waals surface area (Å²) in [5.41, 5.74) is 0.425. The molecule has 124 valence electrons. The first-order chi connectivity index (χ1) is 11.7. The number of nitrogens with one attached hydrogen (secondary N) is 2. The molecule has 6 nitrogen and oxygen atoms in total. The molecule has 7 heteroatoms. The largest absolute Gasteiger partial charge is 0.346 e. The Bertz CT molecular complexity index is 844. The van der Waals surface area contributed by atoms with Gasteiger partial charge in [0.25, 0.3) is 11.8 Å². The molecule has 2 amide bonds. The maximum Gasteiger partial charge on any atom is 0.270 e. The van der Waals surface area contributed by atoms with Crippen molar-refractivity contribution in [1.82, 2.24) is 20.5 Å². The van der Waals surface area contributed by atoms with Crippen LogP contribution in [-0.2, 0) is 0 Å². The predicted molar refractivity (Wildman–Crippen MR) is 91.3 cm³/mol. The molecule has 0 aliphatic carbocycles. The Kier molecular flexibility index (Phi) is 3.14. The number of carbonyl (C=O) groups is 2. The molecule has 24 heavy (non-hydrogen) atoms. The van der Waals surface area contributed by atoms with Crippen molar-refractivity contribution in [3.8, 4) is 0 Å². The van der Waals surface area contributed by atoms with E-state index in [2.05, 4.69) is 15.6 Å². The monoisotopic (exact) mass is 342 g/mol. The Labute approximate surface area is 143 Å². The smallest absolute Gasteiger partial charge is 0.270 e. The van der Waals surface area contributed by atoms with Crippen LogP contribution >= 0.6 is 11.3 Å². The lowest BCUT2D eigenvalue weighted by atomic mass is 9.95. The van der Waals surface area contributed by atoms with E-state index in [9.17, 15) is 9.59 Å². The first kappa shape index (κ1) is 14.4. The van der Waals surface area contributed by atoms with Crippen LogP contribution in [0.4, 0.5) is 0 Å². The van der Waals surface area contributed by atoms with Gasteiger partial charge in [0.1, 0.15) is 5.69 Å². The van der Waals surface area contributed by atoms with Gasteiger partial charge in [0.05, 0.1) is 9.58 Å². The number of amides is 2. The van der Waals surface area contributed by atoms with Gasteiger partial charge in [-0.25, -0.2) is 4.98 Å². The molecule has 3 fully saturated rings. The summed E-state index contributed by atoms with van der Waals surface area (Å²) in [6.07, 6.45) is 5.05. The molecule has 5 rings (SSSR count). The van der Waals surface area contributed by atoms with Crippen LogP contribution in [0.5, 0.6) is 0 Å². The van der Waals surface area contributed by atoms with E-state index in [-0.39, 0.29) is 17.9 Å². The highest BCUT2D eigenvalue weighted by atomic mass is 32.1. The molecule has 0 unspecified atom stereocenters. The van der Waals surface area contributed by atoms with E-state index in [0.29, 0.717) is 17.8 Å². The van der Waals surface area contributed by atoms with Crippen molar-refractivity contribution in [2.45, 2.75) is 37.4 Å². The first-order valence-electron chi connectivity index (χ1n) is 8.43. The summed E-state index contributed by atoms with van der Waals surface area (Å²) < 4.78 is 0.943. The van der Waals surface area contributed by atoms with Gasteiger partial charge in [0.15, 0.2) is 0 Å². The van der Waals surface area contributed by atoms with Gasteiger partial charge in [-0.15, -0.1) is 11.3 Å². The van der Waals surface area contributed by atoms with Gasteiger partial charge in [-0.2, -0.15) is 0 Å². The molecule has 0 spiro atoms. The number of fused-ring (bicyclic) bond motifs is 3. The van der Waals surface area contributed by atoms with Crippen LogP contribution in [0, 0.1) is 0 Å². The van der Waals surface area contributed by atoms with Crippen LogP contribution in [0.2, 0.25) is 0 Å². The minimum absolute atomic E-state index is 0.0789. The van der Waals surface area contributed by atoms with E-state index in [1.165, 1.54) is 17.8 Å². The summed E-state index contributed by atoms with van der Waals surface area (Å²) in [6, 6.07) is 4.83. The number of hydrogen-bond donors (Lipinski definition) is 2. The van der Waals surface area contributed by atoms with Gasteiger partial charge in [0, 0.05) is 37.4 Å². The van der Waals surface area contributed by atoms with Gasteiger partial charge in [-0.1, -0.05) is 0 Å². The molecule has 3 atom stereocenters. The Hall–Kier alpha value is -1.99. The molecule has 0 radical (unpaired) electrons. The minimum Gasteiger partial charge on any atom is -0.346 e. The lowest BCUT2D eigenvalue weighted by Gasteiger charge is -2.21. The number of thiophene rings is 1. The number of hydrogen-bond acceptors (Lipinski definition) is 5. The fourth-order valence-electron chi connectivity index (χ4n) is 3.81. The highest BCUT2D eigenvalue weighted by Crippen LogP contribution is 2.29. The zero-order valence-corrected chi connectivity index (χ0v) is 13.9. The van der Waals surface area contributed by atoms with E-state index in [1.807, 2.05) is 6.07 Å². The topological polar surface area (TPSA) is 74.1 Å². The van der Waals surface area contributed by atoms with Crippen LogP contribution in [-0.4, -0.2) is 52.9 Å². The van der Waals surface area contributed by atoms with E-state index in [1.54, 1.807) is 17.2 Å². The molecule has 3 aliphatic rings. The van der Waals surface area contributed by atoms with Crippen LogP contribution in [0.15, 0.2) is 18.3 Å². The van der Waals surface area contributed by atoms with Gasteiger partial charge in [0.2, 0.25) is 0 Å². The van der Waals surface area contributed by atoms with Crippen molar-refractivity contribution in [3.63, 3.8) is 0 Å². The molecule has 5 heterocycles. The molecule has 3 saturated heterocycles. The van der Waals surface area contributed by atoms with E-state index < -0.39 is 0 Å². The van der Waals surface area contributed by atoms with Crippen molar-refractivity contribution in [2.24, 2.45) is 0 Å². The molecule has 0 saturated carbocycles. The minimum atomic E-state index is -0.124. The maximum atomic E-state index is 12.5. The van der Waals surface area contributed by atoms with E-state index >= 15 is 0 Å². The van der Waals surface area contributed by atoms with Crippen molar-refractivity contribution in [2.75, 3.05) is 13.1 Å². The quantitative estimate of drug-likeness (QED) is 0.827. The lowest BCUT2D eigenvalue weighted by Crippen LogP contribution is -2.43. The molecule has 2 aromatic heterocycles. The number of carbonyl (C=O) groups excluding carboxylic acids is 2. The number of nitrogens with zero attached hydrogens (tertiary/aromatic N) is 2. The van der Waals surface area contributed by atoms with Crippen LogP contribution in [0.1, 0.15) is 39.4 Å². The van der Waals surface area contributed by atoms with Crippen molar-refractivity contribution in [1.29, 1.82) is 0 Å². The van der Waals surface area contributed by atoms with Crippen molar-refractivity contribution >= 4 is 33.2 Å². The summed E-state index contributed by atoms with van der Waals surface area (Å²) in [7, 11) is 0. The molecule has 0 aromatic carbocycles. The van der Waals surface area contributed by atoms with E-state index in [0.717, 1.165) is 40.9 Å². The molecular formula is C17H18N4O2S. The highest BCUT2D eigenvalue weighted by Gasteiger charge is 2.39. The summed E-state index contributed by atoms with van der Waals surface area (Å²) in [4.78, 5) is 31.5. The SMILES string of the molecule is O=C(N[C@@H]1C[C@H]2CC[C@@H]1N2)c1cc2cc(C(=O)N3CC3)sc2cn1. The second-order valence-electron chi connectivity index (χ2n) is 6.87. The van der Waals surface area contributed by atoms with E-state index in [4.69, 9.17) is 0 Å². The Morgan fingerprint density at radius 1 is 1.29 bits per heavy atom. The third-order valence-electron chi connectivity index (χ3n) is 5.20. The summed E-state index contributed by atoms with van der Waals surface area (Å²) in [5, 5.41) is 7.55. The van der Waals surface area contributed by atoms with Gasteiger partial charge in [-0.3, -0.25) is 9.59 Å². The second kappa shape index (κ2) is 5.26. The zero-order valence-electron chi connectivity index (χ0n) is 13.1. The number of rotatable bonds is 3. The number of aromatic nitrogens is 1. The first-order valence-corrected chi connectivity index (χ1v) is 9.25. The average molecular weight is 342 g/mol. The third kappa shape index (κ3) is 2.39. The summed E-state index contributed by atoms with van der Waals surface area (Å²) >= 11 is 1.44. The maximum absolute atomic E-state index is 12.5. The fraction of sp³-hybridized carbons (Fsp3) is 0.471. The molecule has 3 aliphatic heterocycles. The van der Waals surface area contributed by atoms with Crippen LogP contribution < -0.4 is 10.6 Å². The fourth-order valence-corrected chi connectivity index (χ4v) is 4.79. The zero-order chi connectivity index (χ0) is 16.3. The van der Waals surface area contributed by atoms with Gasteiger partial charge in [-0.05, 0) is 36.8 Å². The normalized spacial score (nSPS) is 27.7. The lowest BCUT2D eigenvalue weighted by molar-refractivity contribution is 0.0888. The molecular weight excluding hydrogens is 324 g/mol. The molecule has 2 bridgehead atoms. The predicted octanol–water partition coefficient (Wildman–Crippen LogP) is 1.37. The van der Waals surface area contributed by atoms with Gasteiger partial charge >= 0.3 is 0 Å². The van der Waals surface area contributed by atoms with Gasteiger partial charge < -0.3 is 15.5 Å². The highest BCUT2D eigenvalue weighted by molar-refractivity contribution is 7.20. The standard InChI is InChI=1S/C17H18N4O2S/c22-16(20-12-7-10-1-2-11(12)19-10)13-5-9-6-14(17(23)21-3-4-21)24-15(9)8-18-13/h5-6,8,10-12,19H,1-4,7H2,(H,20,22)/t10-,11+,12-/m1/s1. The third-order valence-corrected chi connectivity index (χ3v) is 6.27. The number of pyridine rings is 1. The summed E-state index contributed by atoms with van der Waals surface area (Å²) in [6.45, 7) is 1.69. The van der Waals surface area contributed by atoms with Crippen molar-refractivity contribution in [3.05, 3.63) is 28.9 Å². The van der Waals surface area contributed by atoms with Crippen molar-refractivity contribution < 1.29 is 9.59 Å². The molecule has 2 aromatic rings. The average Bonchev–Trinajstić information content (AvgIpc) is 3.03. The Morgan fingerprint density at radius 3 is 2.88 bits per heavy atom. The molecule has 2 N–H and O–H groups in total. The Morgan fingerprint density at radius 2 is 2.17 bits per heavy atom. The Balaban J connectivity index is 1.36. The van der Waals surface area contributed by atoms with Crippen LogP contribution in [0.3, 0.4) is 0 Å². The second-order valence-corrected chi connectivity index (χ2v) is 7.96.